The highest BCUT2D eigenvalue weighted by Crippen LogP contribution is 2.37. The molecule has 2 amide bonds. The third-order valence-electron chi connectivity index (χ3n) is 6.27. The first-order valence-electron chi connectivity index (χ1n) is 12.0. The van der Waals surface area contributed by atoms with E-state index in [1.54, 1.807) is 10.6 Å². The molecule has 3 aromatic heterocycles. The Labute approximate surface area is 218 Å². The van der Waals surface area contributed by atoms with E-state index in [9.17, 15) is 14.0 Å². The molecule has 0 radical (unpaired) electrons. The van der Waals surface area contributed by atoms with Crippen LogP contribution in [0.2, 0.25) is 0 Å². The molecule has 4 heterocycles. The van der Waals surface area contributed by atoms with Crippen LogP contribution in [0, 0.1) is 12.9 Å². The van der Waals surface area contributed by atoms with Gasteiger partial charge in [0.05, 0.1) is 11.7 Å². The summed E-state index contributed by atoms with van der Waals surface area (Å²) in [7, 11) is 0. The van der Waals surface area contributed by atoms with Crippen molar-refractivity contribution in [3.8, 4) is 0 Å². The SMILES string of the molecule is CC(=O)Nc1ccc(N2CCCC2c2csc(NC(=O)c3cc(C)cn3Cc3ccnc(F)c3)n2)cc1. The average molecular weight is 519 g/mol. The minimum absolute atomic E-state index is 0.0995. The number of halogens is 1. The van der Waals surface area contributed by atoms with E-state index in [-0.39, 0.29) is 17.9 Å². The fourth-order valence-corrected chi connectivity index (χ4v) is 5.45. The molecule has 8 nitrogen and oxygen atoms in total. The van der Waals surface area contributed by atoms with E-state index in [0.29, 0.717) is 17.4 Å². The van der Waals surface area contributed by atoms with Crippen LogP contribution in [0.25, 0.3) is 0 Å². The third kappa shape index (κ3) is 5.69. The van der Waals surface area contributed by atoms with Gasteiger partial charge in [0.2, 0.25) is 11.9 Å². The predicted octanol–water partition coefficient (Wildman–Crippen LogP) is 5.39. The van der Waals surface area contributed by atoms with Gasteiger partial charge in [0.1, 0.15) is 5.69 Å². The number of aromatic nitrogens is 3. The van der Waals surface area contributed by atoms with Gasteiger partial charge in [0, 0.05) is 49.2 Å². The van der Waals surface area contributed by atoms with Gasteiger partial charge >= 0.3 is 0 Å². The summed E-state index contributed by atoms with van der Waals surface area (Å²) in [5, 5.41) is 8.26. The first-order valence-corrected chi connectivity index (χ1v) is 12.9. The number of pyridine rings is 1. The highest BCUT2D eigenvalue weighted by atomic mass is 32.1. The fourth-order valence-electron chi connectivity index (χ4n) is 4.70. The summed E-state index contributed by atoms with van der Waals surface area (Å²) < 4.78 is 15.3. The number of rotatable bonds is 7. The van der Waals surface area contributed by atoms with Crippen molar-refractivity contribution in [1.29, 1.82) is 0 Å². The van der Waals surface area contributed by atoms with E-state index in [0.717, 1.165) is 47.6 Å². The maximum Gasteiger partial charge on any atom is 0.274 e. The number of thiazole rings is 1. The standard InChI is InChI=1S/C27H27FN6O2S/c1-17-12-24(33(14-17)15-19-9-10-29-25(28)13-19)26(36)32-27-31-22(16-37-27)23-4-3-11-34(23)21-7-5-20(6-8-21)30-18(2)35/h5-10,12-14,16,23H,3-4,11,15H2,1-2H3,(H,30,35)(H,31,32,36). The van der Waals surface area contributed by atoms with E-state index in [1.165, 1.54) is 30.5 Å². The minimum Gasteiger partial charge on any atom is -0.363 e. The van der Waals surface area contributed by atoms with Crippen LogP contribution in [0.4, 0.5) is 20.9 Å². The van der Waals surface area contributed by atoms with Gasteiger partial charge in [-0.25, -0.2) is 9.97 Å². The van der Waals surface area contributed by atoms with Gasteiger partial charge in [-0.3, -0.25) is 14.9 Å². The monoisotopic (exact) mass is 518 g/mol. The highest BCUT2D eigenvalue weighted by Gasteiger charge is 2.28. The summed E-state index contributed by atoms with van der Waals surface area (Å²) in [6.07, 6.45) is 5.30. The Morgan fingerprint density at radius 1 is 1.16 bits per heavy atom. The van der Waals surface area contributed by atoms with Gasteiger partial charge in [-0.05, 0) is 73.4 Å². The molecule has 10 heteroatoms. The smallest absolute Gasteiger partial charge is 0.274 e. The van der Waals surface area contributed by atoms with Crippen molar-refractivity contribution in [3.63, 3.8) is 0 Å². The van der Waals surface area contributed by atoms with Crippen molar-refractivity contribution >= 4 is 39.7 Å². The van der Waals surface area contributed by atoms with Crippen LogP contribution in [0.3, 0.4) is 0 Å². The quantitative estimate of drug-likeness (QED) is 0.320. The van der Waals surface area contributed by atoms with Crippen molar-refractivity contribution in [2.75, 3.05) is 22.1 Å². The van der Waals surface area contributed by atoms with Crippen LogP contribution < -0.4 is 15.5 Å². The van der Waals surface area contributed by atoms with E-state index in [2.05, 4.69) is 20.5 Å². The lowest BCUT2D eigenvalue weighted by atomic mass is 10.1. The molecule has 1 atom stereocenters. The normalized spacial score (nSPS) is 15.1. The maximum atomic E-state index is 13.5. The topological polar surface area (TPSA) is 92.2 Å². The first kappa shape index (κ1) is 24.6. The molecular formula is C27H27FN6O2S. The number of amides is 2. The summed E-state index contributed by atoms with van der Waals surface area (Å²) in [6, 6.07) is 12.8. The predicted molar refractivity (Wildman–Crippen MR) is 143 cm³/mol. The van der Waals surface area contributed by atoms with Gasteiger partial charge in [-0.1, -0.05) is 0 Å². The first-order chi connectivity index (χ1) is 17.9. The lowest BCUT2D eigenvalue weighted by molar-refractivity contribution is -0.114. The summed E-state index contributed by atoms with van der Waals surface area (Å²) >= 11 is 1.40. The zero-order valence-electron chi connectivity index (χ0n) is 20.6. The number of nitrogens with zero attached hydrogens (tertiary/aromatic N) is 4. The molecule has 1 aliphatic rings. The molecule has 4 aromatic rings. The van der Waals surface area contributed by atoms with Crippen LogP contribution >= 0.6 is 11.3 Å². The number of carbonyl (C=O) groups is 2. The molecule has 1 fully saturated rings. The molecule has 1 aromatic carbocycles. The van der Waals surface area contributed by atoms with E-state index >= 15 is 0 Å². The lowest BCUT2D eigenvalue weighted by Gasteiger charge is -2.25. The van der Waals surface area contributed by atoms with Crippen LogP contribution in [0.15, 0.2) is 60.2 Å². The van der Waals surface area contributed by atoms with Crippen molar-refractivity contribution < 1.29 is 14.0 Å². The Kier molecular flexibility index (Phi) is 7.00. The highest BCUT2D eigenvalue weighted by molar-refractivity contribution is 7.14. The average Bonchev–Trinajstić information content (AvgIpc) is 3.59. The molecule has 0 aliphatic carbocycles. The second kappa shape index (κ2) is 10.5. The van der Waals surface area contributed by atoms with Gasteiger partial charge in [-0.15, -0.1) is 11.3 Å². The second-order valence-corrected chi connectivity index (χ2v) is 9.99. The number of hydrogen-bond acceptors (Lipinski definition) is 6. The molecular weight excluding hydrogens is 491 g/mol. The van der Waals surface area contributed by atoms with Crippen LogP contribution in [0.5, 0.6) is 0 Å². The van der Waals surface area contributed by atoms with E-state index in [4.69, 9.17) is 4.98 Å². The summed E-state index contributed by atoms with van der Waals surface area (Å²) in [5.74, 6) is -0.912. The Morgan fingerprint density at radius 3 is 2.73 bits per heavy atom. The molecule has 2 N–H and O–H groups in total. The molecule has 0 bridgehead atoms. The largest absolute Gasteiger partial charge is 0.363 e. The number of aryl methyl sites for hydroxylation is 1. The van der Waals surface area contributed by atoms with Gasteiger partial charge in [0.15, 0.2) is 5.13 Å². The molecule has 190 valence electrons. The summed E-state index contributed by atoms with van der Waals surface area (Å²) in [5.41, 5.74) is 4.89. The summed E-state index contributed by atoms with van der Waals surface area (Å²) in [6.45, 7) is 4.67. The zero-order chi connectivity index (χ0) is 25.9. The fraction of sp³-hybridized carbons (Fsp3) is 0.259. The van der Waals surface area contributed by atoms with Crippen LogP contribution in [-0.2, 0) is 11.3 Å². The molecule has 0 saturated carbocycles. The van der Waals surface area contributed by atoms with Crippen LogP contribution in [0.1, 0.15) is 53.1 Å². The Bertz CT molecular complexity index is 1430. The van der Waals surface area contributed by atoms with Crippen molar-refractivity contribution in [2.24, 2.45) is 0 Å². The molecule has 5 rings (SSSR count). The lowest BCUT2D eigenvalue weighted by Crippen LogP contribution is -2.23. The van der Waals surface area contributed by atoms with Gasteiger partial charge in [0.25, 0.3) is 5.91 Å². The van der Waals surface area contributed by atoms with Crippen molar-refractivity contribution in [3.05, 3.63) is 88.7 Å². The Morgan fingerprint density at radius 2 is 1.97 bits per heavy atom. The molecule has 1 aliphatic heterocycles. The molecule has 37 heavy (non-hydrogen) atoms. The number of benzene rings is 1. The van der Waals surface area contributed by atoms with Gasteiger partial charge < -0.3 is 14.8 Å². The minimum atomic E-state index is -0.549. The number of carbonyl (C=O) groups excluding carboxylic acids is 2. The van der Waals surface area contributed by atoms with Crippen LogP contribution in [-0.4, -0.2) is 32.9 Å². The van der Waals surface area contributed by atoms with E-state index < -0.39 is 5.95 Å². The number of hydrogen-bond donors (Lipinski definition) is 2. The third-order valence-corrected chi connectivity index (χ3v) is 7.04. The zero-order valence-corrected chi connectivity index (χ0v) is 21.4. The van der Waals surface area contributed by atoms with Crippen molar-refractivity contribution in [1.82, 2.24) is 14.5 Å². The Hall–Kier alpha value is -4.05. The van der Waals surface area contributed by atoms with E-state index in [1.807, 2.05) is 48.8 Å². The molecule has 0 spiro atoms. The van der Waals surface area contributed by atoms with Gasteiger partial charge in [-0.2, -0.15) is 4.39 Å². The number of nitrogens with one attached hydrogen (secondary N) is 2. The molecule has 1 unspecified atom stereocenters. The molecule has 1 saturated heterocycles. The summed E-state index contributed by atoms with van der Waals surface area (Å²) in [4.78, 5) is 35.1. The van der Waals surface area contributed by atoms with Crippen molar-refractivity contribution in [2.45, 2.75) is 39.3 Å². The Balaban J connectivity index is 1.29. The maximum absolute atomic E-state index is 13.5. The second-order valence-electron chi connectivity index (χ2n) is 9.13. The number of anilines is 3.